The average molecular weight is 114 g/mol. The molecule has 40 valence electrons. The van der Waals surface area contributed by atoms with Crippen molar-refractivity contribution in [3.05, 3.63) is 0 Å². The molecule has 0 amide bonds. The van der Waals surface area contributed by atoms with E-state index in [2.05, 4.69) is 0 Å². The second-order valence-electron chi connectivity index (χ2n) is 2.20. The molecule has 0 aliphatic heterocycles. The molecule has 1 saturated carbocycles. The maximum Gasteiger partial charge on any atom is -0.0208 e. The molecule has 0 radical (unpaired) electrons. The van der Waals surface area contributed by atoms with Crippen LogP contribution in [0.5, 0.6) is 0 Å². The number of hydrogen-bond donors (Lipinski definition) is 0. The highest BCUT2D eigenvalue weighted by atomic mass is 32.1. The van der Waals surface area contributed by atoms with Gasteiger partial charge >= 0.3 is 0 Å². The summed E-state index contributed by atoms with van der Waals surface area (Å²) in [5.74, 6) is 0.970. The lowest BCUT2D eigenvalue weighted by atomic mass is 9.84. The number of thiocarbonyl (C=S) groups is 1. The fourth-order valence-electron chi connectivity index (χ4n) is 0.865. The highest BCUT2D eigenvalue weighted by molar-refractivity contribution is 7.78. The molecule has 0 aromatic heterocycles. The Labute approximate surface area is 49.9 Å². The van der Waals surface area contributed by atoms with Gasteiger partial charge in [0, 0.05) is 0 Å². The zero-order valence-corrected chi connectivity index (χ0v) is 5.21. The highest BCUT2D eigenvalue weighted by Crippen LogP contribution is 2.28. The molecule has 0 bridgehead atoms. The van der Waals surface area contributed by atoms with Crippen LogP contribution in [0.15, 0.2) is 0 Å². The maximum atomic E-state index is 4.70. The molecule has 0 nitrogen and oxygen atoms in total. The van der Waals surface area contributed by atoms with Gasteiger partial charge in [-0.15, -0.1) is 0 Å². The maximum absolute atomic E-state index is 4.70. The molecular weight excluding hydrogens is 104 g/mol. The summed E-state index contributed by atoms with van der Waals surface area (Å²) in [5, 5.41) is 1.86. The molecule has 1 fully saturated rings. The second kappa shape index (κ2) is 2.41. The zero-order valence-electron chi connectivity index (χ0n) is 4.39. The average Bonchev–Trinajstić information content (AvgIpc) is 1.55. The number of rotatable bonds is 2. The van der Waals surface area contributed by atoms with Gasteiger partial charge in [0.1, 0.15) is 0 Å². The molecule has 0 N–H and O–H groups in total. The molecule has 0 aromatic carbocycles. The van der Waals surface area contributed by atoms with Crippen LogP contribution in [0.1, 0.15) is 25.7 Å². The first-order valence-electron chi connectivity index (χ1n) is 2.87. The summed E-state index contributed by atoms with van der Waals surface area (Å²) in [4.78, 5) is 0. The van der Waals surface area contributed by atoms with Crippen molar-refractivity contribution in [1.29, 1.82) is 0 Å². The third-order valence-electron chi connectivity index (χ3n) is 1.65. The Morgan fingerprint density at radius 1 is 1.57 bits per heavy atom. The van der Waals surface area contributed by atoms with Crippen LogP contribution in [0.4, 0.5) is 0 Å². The van der Waals surface area contributed by atoms with Crippen molar-refractivity contribution in [3.8, 4) is 0 Å². The zero-order chi connectivity index (χ0) is 5.11. The lowest BCUT2D eigenvalue weighted by Crippen LogP contribution is -2.10. The van der Waals surface area contributed by atoms with Gasteiger partial charge in [-0.2, -0.15) is 0 Å². The van der Waals surface area contributed by atoms with Crippen molar-refractivity contribution in [2.75, 3.05) is 0 Å². The van der Waals surface area contributed by atoms with Gasteiger partial charge in [-0.25, -0.2) is 0 Å². The first-order chi connectivity index (χ1) is 3.43. The lowest BCUT2D eigenvalue weighted by Gasteiger charge is -2.22. The summed E-state index contributed by atoms with van der Waals surface area (Å²) in [7, 11) is 0. The minimum Gasteiger partial charge on any atom is -0.0935 e. The molecule has 7 heavy (non-hydrogen) atoms. The minimum absolute atomic E-state index is 0.970. The van der Waals surface area contributed by atoms with Crippen LogP contribution in [0.3, 0.4) is 0 Å². The Balaban J connectivity index is 2.03. The van der Waals surface area contributed by atoms with E-state index >= 15 is 0 Å². The van der Waals surface area contributed by atoms with Gasteiger partial charge in [0.15, 0.2) is 0 Å². The van der Waals surface area contributed by atoms with E-state index in [1.54, 1.807) is 0 Å². The van der Waals surface area contributed by atoms with Gasteiger partial charge in [-0.3, -0.25) is 0 Å². The molecule has 0 atom stereocenters. The summed E-state index contributed by atoms with van der Waals surface area (Å²) in [5.41, 5.74) is 0. The van der Waals surface area contributed by atoms with Gasteiger partial charge in [0.05, 0.1) is 0 Å². The Morgan fingerprint density at radius 3 is 2.43 bits per heavy atom. The van der Waals surface area contributed by atoms with Crippen molar-refractivity contribution in [2.24, 2.45) is 5.92 Å². The molecule has 1 heteroatoms. The fourth-order valence-corrected chi connectivity index (χ4v) is 1.14. The van der Waals surface area contributed by atoms with Crippen LogP contribution >= 0.6 is 12.2 Å². The van der Waals surface area contributed by atoms with E-state index in [0.717, 1.165) is 5.92 Å². The fraction of sp³-hybridized carbons (Fsp3) is 0.833. The van der Waals surface area contributed by atoms with E-state index < -0.39 is 0 Å². The number of hydrogen-bond acceptors (Lipinski definition) is 1. The normalized spacial score (nSPS) is 21.1. The van der Waals surface area contributed by atoms with Crippen molar-refractivity contribution in [3.63, 3.8) is 0 Å². The smallest absolute Gasteiger partial charge is 0.0208 e. The second-order valence-corrected chi connectivity index (χ2v) is 2.53. The summed E-state index contributed by atoms with van der Waals surface area (Å²) < 4.78 is 0. The summed E-state index contributed by atoms with van der Waals surface area (Å²) in [6.07, 6.45) is 5.46. The predicted molar refractivity (Wildman–Crippen MR) is 35.6 cm³/mol. The first-order valence-corrected chi connectivity index (χ1v) is 3.34. The van der Waals surface area contributed by atoms with Gasteiger partial charge in [-0.05, 0) is 17.7 Å². The lowest BCUT2D eigenvalue weighted by molar-refractivity contribution is 0.330. The van der Waals surface area contributed by atoms with Gasteiger partial charge in [-0.1, -0.05) is 31.5 Å². The Morgan fingerprint density at radius 2 is 2.29 bits per heavy atom. The van der Waals surface area contributed by atoms with E-state index in [-0.39, 0.29) is 0 Å². The van der Waals surface area contributed by atoms with Crippen molar-refractivity contribution < 1.29 is 0 Å². The van der Waals surface area contributed by atoms with Crippen LogP contribution in [-0.2, 0) is 0 Å². The van der Waals surface area contributed by atoms with Crippen LogP contribution in [0.2, 0.25) is 0 Å². The molecule has 1 aliphatic carbocycles. The molecule has 0 saturated heterocycles. The molecule has 0 spiro atoms. The molecule has 0 aromatic rings. The largest absolute Gasteiger partial charge is 0.0935 e. The third kappa shape index (κ3) is 1.23. The standard InChI is InChI=1S/C6H10S/c7-5-4-6-2-1-3-6/h5-6H,1-4H2. The van der Waals surface area contributed by atoms with Gasteiger partial charge < -0.3 is 0 Å². The summed E-state index contributed by atoms with van der Waals surface area (Å²) in [6, 6.07) is 0. The Bertz CT molecular complexity index is 64.6. The molecule has 0 unspecified atom stereocenters. The van der Waals surface area contributed by atoms with Crippen LogP contribution < -0.4 is 0 Å². The van der Waals surface area contributed by atoms with E-state index in [9.17, 15) is 0 Å². The van der Waals surface area contributed by atoms with E-state index in [1.807, 2.05) is 5.37 Å². The topological polar surface area (TPSA) is 0 Å². The van der Waals surface area contributed by atoms with E-state index in [0.29, 0.717) is 0 Å². The predicted octanol–water partition coefficient (Wildman–Crippen LogP) is 2.18. The minimum atomic E-state index is 0.970. The van der Waals surface area contributed by atoms with Crippen molar-refractivity contribution in [1.82, 2.24) is 0 Å². The molecule has 0 heterocycles. The highest BCUT2D eigenvalue weighted by Gasteiger charge is 2.14. The van der Waals surface area contributed by atoms with Crippen LogP contribution in [0.25, 0.3) is 0 Å². The van der Waals surface area contributed by atoms with Crippen molar-refractivity contribution >= 4 is 17.6 Å². The quantitative estimate of drug-likeness (QED) is 0.496. The summed E-state index contributed by atoms with van der Waals surface area (Å²) in [6.45, 7) is 0. The van der Waals surface area contributed by atoms with Gasteiger partial charge in [0.25, 0.3) is 0 Å². The van der Waals surface area contributed by atoms with E-state index in [1.165, 1.54) is 25.7 Å². The van der Waals surface area contributed by atoms with Crippen LogP contribution in [-0.4, -0.2) is 5.37 Å². The first kappa shape index (κ1) is 5.23. The molecule has 1 aliphatic rings. The Kier molecular flexibility index (Phi) is 1.80. The Hall–Kier alpha value is 0.0900. The van der Waals surface area contributed by atoms with Crippen LogP contribution in [0, 0.1) is 5.92 Å². The molecule has 1 rings (SSSR count). The molecular formula is C6H10S. The monoisotopic (exact) mass is 114 g/mol. The van der Waals surface area contributed by atoms with E-state index in [4.69, 9.17) is 12.2 Å². The SMILES string of the molecule is S=CCC1CCC1. The van der Waals surface area contributed by atoms with Gasteiger partial charge in [0.2, 0.25) is 0 Å². The third-order valence-corrected chi connectivity index (χ3v) is 1.85. The summed E-state index contributed by atoms with van der Waals surface area (Å²) >= 11 is 4.70. The van der Waals surface area contributed by atoms with Crippen molar-refractivity contribution in [2.45, 2.75) is 25.7 Å².